The monoisotopic (exact) mass is 283 g/mol. The molecule has 1 atom stereocenters. The topological polar surface area (TPSA) is 68.0 Å². The molecule has 1 aromatic heterocycles. The van der Waals surface area contributed by atoms with Crippen molar-refractivity contribution in [3.63, 3.8) is 0 Å². The highest BCUT2D eigenvalue weighted by Crippen LogP contribution is 2.14. The fourth-order valence-corrected chi connectivity index (χ4v) is 2.76. The number of nitrogens with two attached hydrogens (primary N) is 1. The zero-order valence-corrected chi connectivity index (χ0v) is 12.9. The van der Waals surface area contributed by atoms with Crippen LogP contribution in [0.25, 0.3) is 0 Å². The van der Waals surface area contributed by atoms with E-state index in [1.54, 1.807) is 11.3 Å². The molecule has 0 aliphatic rings. The van der Waals surface area contributed by atoms with Crippen LogP contribution in [0.5, 0.6) is 0 Å². The van der Waals surface area contributed by atoms with Gasteiger partial charge < -0.3 is 11.1 Å². The van der Waals surface area contributed by atoms with E-state index in [0.717, 1.165) is 23.5 Å². The van der Waals surface area contributed by atoms with Crippen molar-refractivity contribution in [2.75, 3.05) is 13.1 Å². The second kappa shape index (κ2) is 8.27. The summed E-state index contributed by atoms with van der Waals surface area (Å²) in [6.07, 6.45) is 2.34. The Morgan fingerprint density at radius 3 is 2.79 bits per heavy atom. The van der Waals surface area contributed by atoms with Crippen LogP contribution in [0.15, 0.2) is 5.38 Å². The highest BCUT2D eigenvalue weighted by atomic mass is 32.1. The molecule has 0 aliphatic heterocycles. The van der Waals surface area contributed by atoms with E-state index >= 15 is 0 Å². The number of nitrogens with zero attached hydrogens (tertiary/aromatic N) is 1. The molecule has 0 radical (unpaired) electrons. The van der Waals surface area contributed by atoms with Crippen LogP contribution in [-0.4, -0.2) is 24.0 Å². The fraction of sp³-hybridized carbons (Fsp3) is 0.714. The summed E-state index contributed by atoms with van der Waals surface area (Å²) in [5, 5.41) is 6.06. The zero-order valence-electron chi connectivity index (χ0n) is 12.1. The number of thiazole rings is 1. The van der Waals surface area contributed by atoms with Crippen LogP contribution in [0.2, 0.25) is 0 Å². The number of rotatable bonds is 8. The number of carbonyl (C=O) groups is 1. The fourth-order valence-electron chi connectivity index (χ4n) is 2.12. The average Bonchev–Trinajstić information content (AvgIpc) is 2.73. The van der Waals surface area contributed by atoms with Crippen molar-refractivity contribution in [1.29, 1.82) is 0 Å². The Bertz CT molecular complexity index is 390. The van der Waals surface area contributed by atoms with Gasteiger partial charge >= 0.3 is 0 Å². The molecular formula is C14H25N3OS. The van der Waals surface area contributed by atoms with Crippen LogP contribution in [0.4, 0.5) is 0 Å². The molecule has 0 saturated heterocycles. The highest BCUT2D eigenvalue weighted by molar-refractivity contribution is 7.09. The molecule has 1 rings (SSSR count). The molecule has 108 valence electrons. The number of nitrogens with one attached hydrogen (secondary N) is 1. The molecule has 0 aliphatic carbocycles. The van der Waals surface area contributed by atoms with Gasteiger partial charge in [0, 0.05) is 24.8 Å². The van der Waals surface area contributed by atoms with Crippen LogP contribution in [-0.2, 0) is 11.2 Å². The number of hydrogen-bond donors (Lipinski definition) is 2. The van der Waals surface area contributed by atoms with Crippen molar-refractivity contribution >= 4 is 17.2 Å². The van der Waals surface area contributed by atoms with Gasteiger partial charge in [-0.2, -0.15) is 0 Å². The first-order chi connectivity index (χ1) is 9.01. The van der Waals surface area contributed by atoms with E-state index in [1.807, 2.05) is 12.3 Å². The Labute approximate surface area is 119 Å². The molecule has 0 saturated carbocycles. The Kier molecular flexibility index (Phi) is 7.02. The van der Waals surface area contributed by atoms with Gasteiger partial charge in [-0.05, 0) is 31.7 Å². The zero-order chi connectivity index (χ0) is 14.3. The summed E-state index contributed by atoms with van der Waals surface area (Å²) < 4.78 is 0. The summed E-state index contributed by atoms with van der Waals surface area (Å²) in [6, 6.07) is 0. The lowest BCUT2D eigenvalue weighted by Gasteiger charge is -2.16. The lowest BCUT2D eigenvalue weighted by Crippen LogP contribution is -2.30. The number of hydrogen-bond acceptors (Lipinski definition) is 4. The van der Waals surface area contributed by atoms with Crippen LogP contribution in [0.1, 0.15) is 37.4 Å². The maximum absolute atomic E-state index is 11.8. The molecule has 0 bridgehead atoms. The van der Waals surface area contributed by atoms with Crippen molar-refractivity contribution in [3.05, 3.63) is 16.1 Å². The summed E-state index contributed by atoms with van der Waals surface area (Å²) in [5.41, 5.74) is 6.76. The van der Waals surface area contributed by atoms with Gasteiger partial charge in [-0.15, -0.1) is 11.3 Å². The molecular weight excluding hydrogens is 258 g/mol. The number of aromatic nitrogens is 1. The van der Waals surface area contributed by atoms with Crippen molar-refractivity contribution in [2.24, 2.45) is 17.6 Å². The van der Waals surface area contributed by atoms with E-state index in [4.69, 9.17) is 5.73 Å². The normalized spacial score (nSPS) is 12.7. The molecule has 4 nitrogen and oxygen atoms in total. The first-order valence-corrected chi connectivity index (χ1v) is 7.77. The lowest BCUT2D eigenvalue weighted by molar-refractivity contribution is -0.122. The van der Waals surface area contributed by atoms with Crippen LogP contribution >= 0.6 is 11.3 Å². The van der Waals surface area contributed by atoms with Crippen molar-refractivity contribution in [1.82, 2.24) is 10.3 Å². The number of aryl methyl sites for hydroxylation is 1. The molecule has 5 heteroatoms. The van der Waals surface area contributed by atoms with Crippen molar-refractivity contribution in [2.45, 2.75) is 40.0 Å². The summed E-state index contributed by atoms with van der Waals surface area (Å²) in [7, 11) is 0. The van der Waals surface area contributed by atoms with Gasteiger partial charge in [0.2, 0.25) is 5.91 Å². The minimum Gasteiger partial charge on any atom is -0.356 e. The summed E-state index contributed by atoms with van der Waals surface area (Å²) in [6.45, 7) is 7.54. The van der Waals surface area contributed by atoms with Gasteiger partial charge in [-0.3, -0.25) is 4.79 Å². The maximum atomic E-state index is 11.8. The predicted molar refractivity (Wildman–Crippen MR) is 80.2 cm³/mol. The van der Waals surface area contributed by atoms with Crippen LogP contribution in [0, 0.1) is 18.8 Å². The van der Waals surface area contributed by atoms with Crippen molar-refractivity contribution in [3.8, 4) is 0 Å². The van der Waals surface area contributed by atoms with E-state index in [-0.39, 0.29) is 5.91 Å². The highest BCUT2D eigenvalue weighted by Gasteiger charge is 2.13. The molecule has 1 heterocycles. The smallest absolute Gasteiger partial charge is 0.220 e. The quantitative estimate of drug-likeness (QED) is 0.768. The predicted octanol–water partition coefficient (Wildman–Crippen LogP) is 2.12. The maximum Gasteiger partial charge on any atom is 0.220 e. The van der Waals surface area contributed by atoms with E-state index < -0.39 is 0 Å². The van der Waals surface area contributed by atoms with Gasteiger partial charge in [0.05, 0.1) is 10.7 Å². The van der Waals surface area contributed by atoms with E-state index in [9.17, 15) is 4.79 Å². The SMILES string of the molecule is Cc1nc(CCNC(=O)C[C@@H](CN)CC(C)C)cs1. The molecule has 1 amide bonds. The minimum absolute atomic E-state index is 0.100. The lowest BCUT2D eigenvalue weighted by atomic mass is 9.94. The number of carbonyl (C=O) groups excluding carboxylic acids is 1. The Balaban J connectivity index is 2.23. The van der Waals surface area contributed by atoms with Gasteiger partial charge in [0.1, 0.15) is 0 Å². The van der Waals surface area contributed by atoms with Crippen LogP contribution in [0.3, 0.4) is 0 Å². The third-order valence-electron chi connectivity index (χ3n) is 2.98. The van der Waals surface area contributed by atoms with Gasteiger partial charge in [-0.25, -0.2) is 4.98 Å². The summed E-state index contributed by atoms with van der Waals surface area (Å²) >= 11 is 1.64. The summed E-state index contributed by atoms with van der Waals surface area (Å²) in [5.74, 6) is 0.976. The molecule has 19 heavy (non-hydrogen) atoms. The molecule has 0 aromatic carbocycles. The molecule has 3 N–H and O–H groups in total. The molecule has 0 spiro atoms. The second-order valence-electron chi connectivity index (χ2n) is 5.39. The third-order valence-corrected chi connectivity index (χ3v) is 3.80. The van der Waals surface area contributed by atoms with E-state index in [1.165, 1.54) is 0 Å². The Morgan fingerprint density at radius 2 is 2.26 bits per heavy atom. The molecule has 0 fully saturated rings. The molecule has 0 unspecified atom stereocenters. The third kappa shape index (κ3) is 6.68. The Hall–Kier alpha value is -0.940. The number of amides is 1. The van der Waals surface area contributed by atoms with E-state index in [0.29, 0.717) is 31.3 Å². The standard InChI is InChI=1S/C14H25N3OS/c1-10(2)6-12(8-15)7-14(18)16-5-4-13-9-19-11(3)17-13/h9-10,12H,4-8,15H2,1-3H3,(H,16,18)/t12-/m0/s1. The molecule has 1 aromatic rings. The van der Waals surface area contributed by atoms with Crippen LogP contribution < -0.4 is 11.1 Å². The van der Waals surface area contributed by atoms with E-state index in [2.05, 4.69) is 24.1 Å². The minimum atomic E-state index is 0.100. The largest absolute Gasteiger partial charge is 0.356 e. The first kappa shape index (κ1) is 16.1. The van der Waals surface area contributed by atoms with Gasteiger partial charge in [-0.1, -0.05) is 13.8 Å². The van der Waals surface area contributed by atoms with Crippen molar-refractivity contribution < 1.29 is 4.79 Å². The van der Waals surface area contributed by atoms with Gasteiger partial charge in [0.15, 0.2) is 0 Å². The first-order valence-electron chi connectivity index (χ1n) is 6.89. The average molecular weight is 283 g/mol. The summed E-state index contributed by atoms with van der Waals surface area (Å²) in [4.78, 5) is 16.2. The Morgan fingerprint density at radius 1 is 1.53 bits per heavy atom. The second-order valence-corrected chi connectivity index (χ2v) is 6.46. The van der Waals surface area contributed by atoms with Gasteiger partial charge in [0.25, 0.3) is 0 Å².